The van der Waals surface area contributed by atoms with Crippen molar-refractivity contribution in [3.05, 3.63) is 35.4 Å². The number of allylic oxidation sites excluding steroid dienone is 2. The van der Waals surface area contributed by atoms with Gasteiger partial charge < -0.3 is 15.1 Å². The highest BCUT2D eigenvalue weighted by Crippen LogP contribution is 2.41. The number of carbonyl (C=O) groups excluding carboxylic acids is 2. The number of anilines is 2. The van der Waals surface area contributed by atoms with Crippen molar-refractivity contribution in [1.29, 1.82) is 0 Å². The van der Waals surface area contributed by atoms with Crippen LogP contribution in [0.5, 0.6) is 0 Å². The van der Waals surface area contributed by atoms with Crippen LogP contribution >= 0.6 is 0 Å². The molecule has 1 aromatic rings. The molecule has 4 aliphatic heterocycles. The van der Waals surface area contributed by atoms with E-state index in [4.69, 9.17) is 4.99 Å². The van der Waals surface area contributed by atoms with E-state index < -0.39 is 5.92 Å². The third kappa shape index (κ3) is 4.78. The predicted octanol–water partition coefficient (Wildman–Crippen LogP) is 2.36. The summed E-state index contributed by atoms with van der Waals surface area (Å²) in [6.07, 6.45) is 9.09. The number of halogens is 1. The smallest absolute Gasteiger partial charge is 0.241 e. The Balaban J connectivity index is 1.50. The van der Waals surface area contributed by atoms with Crippen LogP contribution in [0, 0.1) is 0 Å². The Morgan fingerprint density at radius 3 is 2.58 bits per heavy atom. The highest BCUT2D eigenvalue weighted by molar-refractivity contribution is 6.14. The summed E-state index contributed by atoms with van der Waals surface area (Å²) >= 11 is 0. The normalized spacial score (nSPS) is 25.4. The van der Waals surface area contributed by atoms with E-state index in [0.29, 0.717) is 57.0 Å². The lowest BCUT2D eigenvalue weighted by Gasteiger charge is -2.36. The van der Waals surface area contributed by atoms with Gasteiger partial charge in [0, 0.05) is 51.4 Å². The lowest BCUT2D eigenvalue weighted by molar-refractivity contribution is -0.131. The lowest BCUT2D eigenvalue weighted by atomic mass is 9.99. The second-order valence-corrected chi connectivity index (χ2v) is 10.1. The summed E-state index contributed by atoms with van der Waals surface area (Å²) in [6.45, 7) is 7.65. The maximum atomic E-state index is 14.5. The fraction of sp³-hybridized carbons (Fsp3) is 0.577. The Hall–Kier alpha value is -3.14. The Labute approximate surface area is 211 Å². The maximum Gasteiger partial charge on any atom is 0.241 e. The molecule has 0 aromatic carbocycles. The van der Waals surface area contributed by atoms with E-state index in [9.17, 15) is 14.0 Å². The first-order chi connectivity index (χ1) is 17.4. The summed E-state index contributed by atoms with van der Waals surface area (Å²) in [6, 6.07) is -0.302. The minimum atomic E-state index is -0.605. The zero-order valence-electron chi connectivity index (χ0n) is 21.0. The van der Waals surface area contributed by atoms with E-state index in [2.05, 4.69) is 20.2 Å². The Morgan fingerprint density at radius 1 is 1.06 bits per heavy atom. The van der Waals surface area contributed by atoms with Gasteiger partial charge in [0.05, 0.1) is 11.6 Å². The van der Waals surface area contributed by atoms with Gasteiger partial charge in [0.25, 0.3) is 0 Å². The van der Waals surface area contributed by atoms with Crippen LogP contribution in [-0.2, 0) is 9.59 Å². The first kappa shape index (κ1) is 24.5. The molecule has 1 unspecified atom stereocenters. The van der Waals surface area contributed by atoms with Gasteiger partial charge in [0.15, 0.2) is 0 Å². The van der Waals surface area contributed by atoms with Crippen LogP contribution in [0.1, 0.15) is 51.0 Å². The van der Waals surface area contributed by atoms with Crippen LogP contribution in [0.25, 0.3) is 0 Å². The number of piperazine rings is 1. The summed E-state index contributed by atoms with van der Waals surface area (Å²) in [5.41, 5.74) is 1.44. The average Bonchev–Trinajstić information content (AvgIpc) is 3.17. The topological polar surface area (TPSA) is 94.0 Å². The molecule has 1 aromatic heterocycles. The lowest BCUT2D eigenvalue weighted by Crippen LogP contribution is -2.49. The summed E-state index contributed by atoms with van der Waals surface area (Å²) in [4.78, 5) is 45.9. The number of carbonyl (C=O) groups is 2. The maximum absolute atomic E-state index is 14.5. The van der Waals surface area contributed by atoms with Crippen molar-refractivity contribution >= 4 is 29.7 Å². The van der Waals surface area contributed by atoms with Crippen molar-refractivity contribution in [3.8, 4) is 0 Å². The van der Waals surface area contributed by atoms with E-state index in [1.807, 2.05) is 18.7 Å². The second-order valence-electron chi connectivity index (χ2n) is 10.1. The van der Waals surface area contributed by atoms with E-state index in [0.717, 1.165) is 30.8 Å². The third-order valence-electron chi connectivity index (χ3n) is 7.35. The fourth-order valence-corrected chi connectivity index (χ4v) is 5.39. The van der Waals surface area contributed by atoms with Gasteiger partial charge in [0.1, 0.15) is 29.7 Å². The minimum Gasteiger partial charge on any atom is -0.353 e. The molecule has 1 aliphatic carbocycles. The largest absolute Gasteiger partial charge is 0.353 e. The van der Waals surface area contributed by atoms with E-state index in [1.165, 1.54) is 12.4 Å². The molecule has 2 amide bonds. The number of amides is 2. The molecular weight excluding hydrogens is 461 g/mol. The van der Waals surface area contributed by atoms with E-state index >= 15 is 0 Å². The molecule has 9 nitrogen and oxygen atoms in total. The number of hydrogen-bond donors (Lipinski definition) is 1. The van der Waals surface area contributed by atoms with Crippen LogP contribution < -0.4 is 15.1 Å². The van der Waals surface area contributed by atoms with Gasteiger partial charge in [0.2, 0.25) is 11.8 Å². The number of nitrogens with zero attached hydrogens (tertiary/aromatic N) is 6. The van der Waals surface area contributed by atoms with Gasteiger partial charge in [-0.2, -0.15) is 0 Å². The highest BCUT2D eigenvalue weighted by Gasteiger charge is 2.42. The summed E-state index contributed by atoms with van der Waals surface area (Å²) < 4.78 is 14.5. The molecule has 1 N–H and O–H groups in total. The summed E-state index contributed by atoms with van der Waals surface area (Å²) in [5, 5.41) is 3.31. The first-order valence-corrected chi connectivity index (χ1v) is 12.9. The molecule has 10 heteroatoms. The van der Waals surface area contributed by atoms with Gasteiger partial charge >= 0.3 is 0 Å². The SMILES string of the molecule is CC(C)N1C(=O)C2C=N[C@H]3C=CC(F)=C(CNCCCCC(=O)N4CCN(CC4)c4ncnc1c42)C3. The van der Waals surface area contributed by atoms with Crippen molar-refractivity contribution in [1.82, 2.24) is 20.2 Å². The van der Waals surface area contributed by atoms with Crippen LogP contribution in [0.4, 0.5) is 16.0 Å². The number of rotatable bonds is 1. The monoisotopic (exact) mass is 495 g/mol. The molecule has 5 heterocycles. The molecule has 4 bridgehead atoms. The fourth-order valence-electron chi connectivity index (χ4n) is 5.39. The molecule has 0 saturated carbocycles. The zero-order valence-corrected chi connectivity index (χ0v) is 21.0. The molecule has 1 saturated heterocycles. The molecule has 5 aliphatic rings. The standard InChI is InChI=1S/C26H34FN7O2/c1-17(2)34-25-23-20(26(34)36)15-29-19-6-7-21(27)18(13-19)14-28-8-4-3-5-22(35)32-9-11-33(12-10-32)24(23)30-16-31-25/h6-7,15-17,19-20,28H,3-5,8-14H2,1-2H3/t19-,20?/m0/s1. The minimum absolute atomic E-state index is 0.0679. The Kier molecular flexibility index (Phi) is 7.13. The average molecular weight is 496 g/mol. The van der Waals surface area contributed by atoms with Gasteiger partial charge in [-0.1, -0.05) is 6.08 Å². The van der Waals surface area contributed by atoms with Gasteiger partial charge in [-0.25, -0.2) is 14.4 Å². The van der Waals surface area contributed by atoms with Crippen molar-refractivity contribution in [3.63, 3.8) is 0 Å². The van der Waals surface area contributed by atoms with Crippen LogP contribution in [0.2, 0.25) is 0 Å². The van der Waals surface area contributed by atoms with Crippen molar-refractivity contribution in [2.24, 2.45) is 4.99 Å². The quantitative estimate of drug-likeness (QED) is 0.643. The number of aromatic nitrogens is 2. The van der Waals surface area contributed by atoms with Gasteiger partial charge in [-0.3, -0.25) is 19.5 Å². The number of fused-ring (bicyclic) bond motifs is 8. The molecule has 0 radical (unpaired) electrons. The summed E-state index contributed by atoms with van der Waals surface area (Å²) in [7, 11) is 0. The Morgan fingerprint density at radius 2 is 1.81 bits per heavy atom. The third-order valence-corrected chi connectivity index (χ3v) is 7.35. The number of nitrogens with one attached hydrogen (secondary N) is 1. The van der Waals surface area contributed by atoms with Crippen LogP contribution in [0.3, 0.4) is 0 Å². The zero-order chi connectivity index (χ0) is 25.2. The van der Waals surface area contributed by atoms with Crippen LogP contribution in [-0.4, -0.2) is 84.2 Å². The van der Waals surface area contributed by atoms with E-state index in [1.54, 1.807) is 17.2 Å². The van der Waals surface area contributed by atoms with E-state index in [-0.39, 0.29) is 29.7 Å². The number of aliphatic imine (C=N–C) groups is 1. The van der Waals surface area contributed by atoms with Crippen molar-refractivity contribution in [2.45, 2.75) is 57.5 Å². The van der Waals surface area contributed by atoms with Gasteiger partial charge in [-0.15, -0.1) is 0 Å². The molecule has 36 heavy (non-hydrogen) atoms. The second kappa shape index (κ2) is 10.5. The molecule has 2 atom stereocenters. The van der Waals surface area contributed by atoms with Gasteiger partial charge in [-0.05, 0) is 51.3 Å². The van der Waals surface area contributed by atoms with Crippen LogP contribution in [0.15, 0.2) is 34.9 Å². The van der Waals surface area contributed by atoms with Crippen molar-refractivity contribution in [2.75, 3.05) is 49.1 Å². The summed E-state index contributed by atoms with van der Waals surface area (Å²) in [5.74, 6) is 0.611. The van der Waals surface area contributed by atoms with Crippen molar-refractivity contribution < 1.29 is 14.0 Å². The molecule has 6 rings (SSSR count). The molecule has 192 valence electrons. The molecule has 1 fully saturated rings. The predicted molar refractivity (Wildman–Crippen MR) is 137 cm³/mol. The molecule has 0 spiro atoms. The molecular formula is C26H34FN7O2. The highest BCUT2D eigenvalue weighted by atomic mass is 19.1. The first-order valence-electron chi connectivity index (χ1n) is 12.9. The Bertz CT molecular complexity index is 1110. The number of hydrogen-bond acceptors (Lipinski definition) is 7.